The van der Waals surface area contributed by atoms with Crippen molar-refractivity contribution in [2.75, 3.05) is 26.1 Å². The molecule has 0 radical (unpaired) electrons. The highest BCUT2D eigenvalue weighted by molar-refractivity contribution is 6.26. The first-order chi connectivity index (χ1) is 8.72. The Bertz CT molecular complexity index is 343. The maximum absolute atomic E-state index is 10.8. The van der Waals surface area contributed by atoms with Gasteiger partial charge < -0.3 is 9.64 Å². The van der Waals surface area contributed by atoms with Crippen LogP contribution in [0.2, 0.25) is 0 Å². The van der Waals surface area contributed by atoms with Crippen LogP contribution in [0.1, 0.15) is 18.4 Å². The second-order valence-electron chi connectivity index (χ2n) is 4.28. The molecule has 0 aliphatic carbocycles. The van der Waals surface area contributed by atoms with Crippen LogP contribution in [-0.2, 0) is 16.1 Å². The number of ether oxygens (including phenoxy) is 1. The SMILES string of the molecule is CN(CCCCOC(=O)CCl)Cc1ccccc1. The molecule has 3 nitrogen and oxygen atoms in total. The predicted molar refractivity (Wildman–Crippen MR) is 73.7 cm³/mol. The summed E-state index contributed by atoms with van der Waals surface area (Å²) < 4.78 is 4.90. The molecule has 18 heavy (non-hydrogen) atoms. The Hall–Kier alpha value is -1.06. The Morgan fingerprint density at radius 1 is 1.28 bits per heavy atom. The first-order valence-corrected chi connectivity index (χ1v) is 6.70. The summed E-state index contributed by atoms with van der Waals surface area (Å²) in [6, 6.07) is 10.4. The molecule has 4 heteroatoms. The zero-order valence-electron chi connectivity index (χ0n) is 10.8. The van der Waals surface area contributed by atoms with E-state index in [2.05, 4.69) is 36.2 Å². The Labute approximate surface area is 114 Å². The van der Waals surface area contributed by atoms with Gasteiger partial charge in [-0.2, -0.15) is 0 Å². The summed E-state index contributed by atoms with van der Waals surface area (Å²) >= 11 is 5.32. The lowest BCUT2D eigenvalue weighted by Gasteiger charge is -2.16. The Balaban J connectivity index is 2.07. The number of hydrogen-bond acceptors (Lipinski definition) is 3. The number of esters is 1. The van der Waals surface area contributed by atoms with Crippen LogP contribution < -0.4 is 0 Å². The second-order valence-corrected chi connectivity index (χ2v) is 4.55. The lowest BCUT2D eigenvalue weighted by molar-refractivity contribution is -0.140. The molecule has 0 unspecified atom stereocenters. The molecule has 1 rings (SSSR count). The van der Waals surface area contributed by atoms with Gasteiger partial charge in [-0.3, -0.25) is 4.79 Å². The van der Waals surface area contributed by atoms with Crippen molar-refractivity contribution < 1.29 is 9.53 Å². The van der Waals surface area contributed by atoms with Crippen molar-refractivity contribution in [3.63, 3.8) is 0 Å². The number of halogens is 1. The van der Waals surface area contributed by atoms with Crippen LogP contribution in [0.25, 0.3) is 0 Å². The van der Waals surface area contributed by atoms with Gasteiger partial charge in [0.25, 0.3) is 0 Å². The molecule has 0 heterocycles. The molecule has 0 N–H and O–H groups in total. The van der Waals surface area contributed by atoms with Crippen molar-refractivity contribution in [2.24, 2.45) is 0 Å². The quantitative estimate of drug-likeness (QED) is 0.413. The molecule has 1 aromatic carbocycles. The van der Waals surface area contributed by atoms with Gasteiger partial charge in [0, 0.05) is 6.54 Å². The van der Waals surface area contributed by atoms with Crippen LogP contribution >= 0.6 is 11.6 Å². The second kappa shape index (κ2) is 8.95. The standard InChI is InChI=1S/C14H20ClNO2/c1-16(12-13-7-3-2-4-8-13)9-5-6-10-18-14(17)11-15/h2-4,7-8H,5-6,9-12H2,1H3. The van der Waals surface area contributed by atoms with E-state index >= 15 is 0 Å². The van der Waals surface area contributed by atoms with Gasteiger partial charge in [0.2, 0.25) is 0 Å². The fraction of sp³-hybridized carbons (Fsp3) is 0.500. The molecule has 0 aliphatic rings. The zero-order chi connectivity index (χ0) is 13.2. The third-order valence-corrected chi connectivity index (χ3v) is 2.82. The van der Waals surface area contributed by atoms with Crippen molar-refractivity contribution in [2.45, 2.75) is 19.4 Å². The summed E-state index contributed by atoms with van der Waals surface area (Å²) in [6.45, 7) is 2.40. The fourth-order valence-corrected chi connectivity index (χ4v) is 1.76. The van der Waals surface area contributed by atoms with E-state index in [-0.39, 0.29) is 11.8 Å². The average Bonchev–Trinajstić information content (AvgIpc) is 2.39. The lowest BCUT2D eigenvalue weighted by Crippen LogP contribution is -2.19. The van der Waals surface area contributed by atoms with Crippen LogP contribution in [0.3, 0.4) is 0 Å². The molecule has 0 fully saturated rings. The minimum absolute atomic E-state index is 0.0616. The summed E-state index contributed by atoms with van der Waals surface area (Å²) in [7, 11) is 2.10. The van der Waals surface area contributed by atoms with Gasteiger partial charge in [0.05, 0.1) is 6.61 Å². The van der Waals surface area contributed by atoms with Crippen LogP contribution in [0.4, 0.5) is 0 Å². The van der Waals surface area contributed by atoms with E-state index in [1.165, 1.54) is 5.56 Å². The molecule has 0 atom stereocenters. The fourth-order valence-electron chi connectivity index (χ4n) is 1.68. The number of benzene rings is 1. The van der Waals surface area contributed by atoms with Crippen LogP contribution in [0.5, 0.6) is 0 Å². The number of carbonyl (C=O) groups excluding carboxylic acids is 1. The number of rotatable bonds is 8. The Morgan fingerprint density at radius 3 is 2.67 bits per heavy atom. The van der Waals surface area contributed by atoms with E-state index in [0.29, 0.717) is 6.61 Å². The van der Waals surface area contributed by atoms with Crippen molar-refractivity contribution in [1.29, 1.82) is 0 Å². The largest absolute Gasteiger partial charge is 0.465 e. The van der Waals surface area contributed by atoms with Gasteiger partial charge in [-0.05, 0) is 32.0 Å². The highest BCUT2D eigenvalue weighted by Gasteiger charge is 2.01. The zero-order valence-corrected chi connectivity index (χ0v) is 11.5. The van der Waals surface area contributed by atoms with Crippen molar-refractivity contribution >= 4 is 17.6 Å². The number of nitrogens with zero attached hydrogens (tertiary/aromatic N) is 1. The van der Waals surface area contributed by atoms with E-state index in [1.54, 1.807) is 0 Å². The monoisotopic (exact) mass is 269 g/mol. The van der Waals surface area contributed by atoms with E-state index in [0.717, 1.165) is 25.9 Å². The topological polar surface area (TPSA) is 29.5 Å². The van der Waals surface area contributed by atoms with Gasteiger partial charge in [-0.15, -0.1) is 11.6 Å². The maximum Gasteiger partial charge on any atom is 0.320 e. The van der Waals surface area contributed by atoms with E-state index in [4.69, 9.17) is 16.3 Å². The first-order valence-electron chi connectivity index (χ1n) is 6.16. The summed E-state index contributed by atoms with van der Waals surface area (Å²) in [4.78, 5) is 13.0. The molecule has 0 saturated carbocycles. The third kappa shape index (κ3) is 6.62. The van der Waals surface area contributed by atoms with Crippen molar-refractivity contribution in [1.82, 2.24) is 4.90 Å². The smallest absolute Gasteiger partial charge is 0.320 e. The Kier molecular flexibility index (Phi) is 7.46. The molecule has 0 bridgehead atoms. The lowest BCUT2D eigenvalue weighted by atomic mass is 10.2. The summed E-state index contributed by atoms with van der Waals surface area (Å²) in [5, 5.41) is 0. The van der Waals surface area contributed by atoms with Gasteiger partial charge in [-0.1, -0.05) is 30.3 Å². The van der Waals surface area contributed by atoms with E-state index in [1.807, 2.05) is 6.07 Å². The summed E-state index contributed by atoms with van der Waals surface area (Å²) in [6.07, 6.45) is 1.89. The normalized spacial score (nSPS) is 10.6. The first kappa shape index (κ1) is 15.0. The third-order valence-electron chi connectivity index (χ3n) is 2.60. The van der Waals surface area contributed by atoms with Crippen LogP contribution in [0.15, 0.2) is 30.3 Å². The number of hydrogen-bond donors (Lipinski definition) is 0. The summed E-state index contributed by atoms with van der Waals surface area (Å²) in [5.41, 5.74) is 1.31. The number of unbranched alkanes of at least 4 members (excludes halogenated alkanes) is 1. The molecule has 0 amide bonds. The maximum atomic E-state index is 10.8. The van der Waals surface area contributed by atoms with Gasteiger partial charge >= 0.3 is 5.97 Å². The molecule has 1 aromatic rings. The van der Waals surface area contributed by atoms with Gasteiger partial charge in [0.15, 0.2) is 0 Å². The molecule has 100 valence electrons. The molecule has 0 spiro atoms. The molecule has 0 saturated heterocycles. The van der Waals surface area contributed by atoms with Gasteiger partial charge in [-0.25, -0.2) is 0 Å². The highest BCUT2D eigenvalue weighted by Crippen LogP contribution is 2.03. The van der Waals surface area contributed by atoms with Crippen molar-refractivity contribution in [3.8, 4) is 0 Å². The summed E-state index contributed by atoms with van der Waals surface area (Å²) in [5.74, 6) is -0.400. The molecular formula is C14H20ClNO2. The minimum Gasteiger partial charge on any atom is -0.465 e. The minimum atomic E-state index is -0.339. The van der Waals surface area contributed by atoms with E-state index < -0.39 is 0 Å². The molecule has 0 aromatic heterocycles. The molecule has 0 aliphatic heterocycles. The van der Waals surface area contributed by atoms with Gasteiger partial charge in [0.1, 0.15) is 5.88 Å². The van der Waals surface area contributed by atoms with Crippen LogP contribution in [-0.4, -0.2) is 36.9 Å². The average molecular weight is 270 g/mol. The number of carbonyl (C=O) groups is 1. The highest BCUT2D eigenvalue weighted by atomic mass is 35.5. The Morgan fingerprint density at radius 2 is 2.00 bits per heavy atom. The molecular weight excluding hydrogens is 250 g/mol. The number of alkyl halides is 1. The predicted octanol–water partition coefficient (Wildman–Crippen LogP) is 2.68. The van der Waals surface area contributed by atoms with E-state index in [9.17, 15) is 4.79 Å². The van der Waals surface area contributed by atoms with Crippen LogP contribution in [0, 0.1) is 0 Å². The van der Waals surface area contributed by atoms with Crippen molar-refractivity contribution in [3.05, 3.63) is 35.9 Å².